The van der Waals surface area contributed by atoms with Gasteiger partial charge in [-0.2, -0.15) is 4.98 Å². The van der Waals surface area contributed by atoms with Crippen molar-refractivity contribution in [2.45, 2.75) is 44.7 Å². The highest BCUT2D eigenvalue weighted by Crippen LogP contribution is 2.25. The molecule has 0 amide bonds. The van der Waals surface area contributed by atoms with E-state index in [1.54, 1.807) is 11.6 Å². The molecule has 172 valence electrons. The van der Waals surface area contributed by atoms with Crippen LogP contribution in [-0.4, -0.2) is 25.1 Å². The summed E-state index contributed by atoms with van der Waals surface area (Å²) in [6.07, 6.45) is 6.66. The first-order valence-electron chi connectivity index (χ1n) is 11.3. The van der Waals surface area contributed by atoms with E-state index < -0.39 is 11.2 Å². The molecule has 8 heteroatoms. The molecule has 0 aliphatic heterocycles. The lowest BCUT2D eigenvalue weighted by Gasteiger charge is -2.15. The van der Waals surface area contributed by atoms with Crippen LogP contribution >= 0.6 is 0 Å². The van der Waals surface area contributed by atoms with Gasteiger partial charge in [0.25, 0.3) is 5.56 Å². The number of H-pyrrole nitrogens is 1. The highest BCUT2D eigenvalue weighted by Gasteiger charge is 2.17. The summed E-state index contributed by atoms with van der Waals surface area (Å²) in [6.45, 7) is 0.370. The summed E-state index contributed by atoms with van der Waals surface area (Å²) < 4.78 is 2.92. The molecule has 0 radical (unpaired) electrons. The largest absolute Gasteiger partial charge is 0.369 e. The summed E-state index contributed by atoms with van der Waals surface area (Å²) in [5.41, 5.74) is 14.4. The molecule has 2 aromatic heterocycles. The third-order valence-corrected chi connectivity index (χ3v) is 6.12. The van der Waals surface area contributed by atoms with Crippen molar-refractivity contribution < 1.29 is 0 Å². The summed E-state index contributed by atoms with van der Waals surface area (Å²) >= 11 is 0. The second-order valence-corrected chi connectivity index (χ2v) is 8.47. The number of anilines is 1. The number of nitrogens with one attached hydrogen (secondary N) is 1. The van der Waals surface area contributed by atoms with Gasteiger partial charge in [0.05, 0.1) is 6.54 Å². The summed E-state index contributed by atoms with van der Waals surface area (Å²) in [5, 5.41) is 0. The van der Waals surface area contributed by atoms with Gasteiger partial charge >= 0.3 is 5.69 Å². The molecule has 33 heavy (non-hydrogen) atoms. The van der Waals surface area contributed by atoms with Crippen LogP contribution in [0.15, 0.2) is 64.2 Å². The van der Waals surface area contributed by atoms with Crippen LogP contribution in [0.1, 0.15) is 37.7 Å². The maximum atomic E-state index is 12.3. The molecule has 1 aliphatic rings. The van der Waals surface area contributed by atoms with Crippen molar-refractivity contribution in [3.8, 4) is 11.1 Å². The van der Waals surface area contributed by atoms with Gasteiger partial charge in [-0.25, -0.2) is 4.79 Å². The quantitative estimate of drug-likeness (QED) is 0.446. The highest BCUT2D eigenvalue weighted by atomic mass is 16.2. The zero-order chi connectivity index (χ0) is 23.4. The minimum absolute atomic E-state index is 0.189. The molecule has 5 rings (SSSR count). The predicted molar refractivity (Wildman–Crippen MR) is 132 cm³/mol. The molecule has 2 heterocycles. The third kappa shape index (κ3) is 4.90. The maximum absolute atomic E-state index is 12.3. The van der Waals surface area contributed by atoms with Crippen molar-refractivity contribution in [3.63, 3.8) is 0 Å². The molecular weight excluding hydrogens is 416 g/mol. The molecule has 1 saturated carbocycles. The average Bonchev–Trinajstić information content (AvgIpc) is 3.16. The third-order valence-electron chi connectivity index (χ3n) is 6.12. The minimum Gasteiger partial charge on any atom is -0.369 e. The minimum atomic E-state index is -0.517. The molecule has 4 aromatic rings. The number of aromatic nitrogens is 4. The van der Waals surface area contributed by atoms with Crippen molar-refractivity contribution in [3.05, 3.63) is 81.0 Å². The Hall–Kier alpha value is -3.65. The smallest absolute Gasteiger partial charge is 0.329 e. The SMILES string of the molecule is Cn1c(=O)[nH]c(=O)c2c1nc(N)n2Cc1ccccc1-c1ccccc1.NC1CCCCC1. The van der Waals surface area contributed by atoms with Gasteiger partial charge in [-0.05, 0) is 29.5 Å². The number of hydrogen-bond acceptors (Lipinski definition) is 5. The van der Waals surface area contributed by atoms with E-state index >= 15 is 0 Å². The molecule has 1 fully saturated rings. The Balaban J connectivity index is 0.000000318. The number of nitrogen functional groups attached to an aromatic ring is 1. The number of imidazole rings is 1. The van der Waals surface area contributed by atoms with Crippen molar-refractivity contribution in [1.29, 1.82) is 0 Å². The Kier molecular flexibility index (Phi) is 6.74. The molecule has 8 nitrogen and oxygen atoms in total. The molecule has 2 aromatic carbocycles. The van der Waals surface area contributed by atoms with Crippen LogP contribution in [0, 0.1) is 0 Å². The number of aryl methyl sites for hydroxylation is 1. The van der Waals surface area contributed by atoms with Crippen molar-refractivity contribution in [2.24, 2.45) is 12.8 Å². The summed E-state index contributed by atoms with van der Waals surface area (Å²) in [4.78, 5) is 30.7. The molecular formula is C25H30N6O2. The molecule has 0 atom stereocenters. The van der Waals surface area contributed by atoms with Gasteiger partial charge in [-0.3, -0.25) is 14.3 Å². The lowest BCUT2D eigenvalue weighted by atomic mass is 9.97. The van der Waals surface area contributed by atoms with E-state index in [1.165, 1.54) is 36.7 Å². The predicted octanol–water partition coefficient (Wildman–Crippen LogP) is 3.00. The van der Waals surface area contributed by atoms with Gasteiger partial charge in [-0.1, -0.05) is 73.9 Å². The molecule has 0 saturated heterocycles. The number of aromatic amines is 1. The van der Waals surface area contributed by atoms with Crippen molar-refractivity contribution >= 4 is 17.1 Å². The molecule has 0 bridgehead atoms. The van der Waals surface area contributed by atoms with Gasteiger partial charge in [0.2, 0.25) is 5.95 Å². The van der Waals surface area contributed by atoms with Gasteiger partial charge < -0.3 is 16.0 Å². The van der Waals surface area contributed by atoms with Gasteiger partial charge in [-0.15, -0.1) is 0 Å². The summed E-state index contributed by atoms with van der Waals surface area (Å²) in [6, 6.07) is 18.5. The monoisotopic (exact) mass is 446 g/mol. The van der Waals surface area contributed by atoms with Gasteiger partial charge in [0.1, 0.15) is 0 Å². The van der Waals surface area contributed by atoms with Crippen LogP contribution in [0.5, 0.6) is 0 Å². The van der Waals surface area contributed by atoms with E-state index in [1.807, 2.05) is 54.6 Å². The summed E-state index contributed by atoms with van der Waals surface area (Å²) in [5.74, 6) is 0.189. The Morgan fingerprint density at radius 1 is 1.00 bits per heavy atom. The number of hydrogen-bond donors (Lipinski definition) is 3. The van der Waals surface area contributed by atoms with Crippen molar-refractivity contribution in [1.82, 2.24) is 19.1 Å². The van der Waals surface area contributed by atoms with E-state index in [-0.39, 0.29) is 17.1 Å². The Bertz CT molecular complexity index is 1350. The van der Waals surface area contributed by atoms with Gasteiger partial charge in [0, 0.05) is 13.1 Å². The molecule has 1 aliphatic carbocycles. The zero-order valence-electron chi connectivity index (χ0n) is 18.8. The molecule has 0 unspecified atom stereocenters. The molecule has 5 N–H and O–H groups in total. The van der Waals surface area contributed by atoms with Gasteiger partial charge in [0.15, 0.2) is 11.2 Å². The second kappa shape index (κ2) is 9.87. The maximum Gasteiger partial charge on any atom is 0.329 e. The van der Waals surface area contributed by atoms with E-state index in [2.05, 4.69) is 9.97 Å². The first-order chi connectivity index (χ1) is 16.0. The highest BCUT2D eigenvalue weighted by molar-refractivity contribution is 5.74. The number of benzene rings is 2. The topological polar surface area (TPSA) is 125 Å². The van der Waals surface area contributed by atoms with E-state index in [9.17, 15) is 9.59 Å². The normalized spacial score (nSPS) is 14.1. The lowest BCUT2D eigenvalue weighted by Crippen LogP contribution is -2.29. The number of nitrogens with two attached hydrogens (primary N) is 2. The Labute approximate surface area is 191 Å². The fourth-order valence-corrected chi connectivity index (χ4v) is 4.27. The average molecular weight is 447 g/mol. The lowest BCUT2D eigenvalue weighted by molar-refractivity contribution is 0.441. The van der Waals surface area contributed by atoms with Crippen LogP contribution in [-0.2, 0) is 13.6 Å². The number of rotatable bonds is 3. The van der Waals surface area contributed by atoms with E-state index in [0.717, 1.165) is 16.7 Å². The number of nitrogens with zero attached hydrogens (tertiary/aromatic N) is 3. The van der Waals surface area contributed by atoms with Crippen LogP contribution in [0.2, 0.25) is 0 Å². The summed E-state index contributed by atoms with van der Waals surface area (Å²) in [7, 11) is 1.55. The van der Waals surface area contributed by atoms with Crippen molar-refractivity contribution in [2.75, 3.05) is 5.73 Å². The van der Waals surface area contributed by atoms with E-state index in [4.69, 9.17) is 11.5 Å². The molecule has 0 spiro atoms. The van der Waals surface area contributed by atoms with Crippen LogP contribution in [0.25, 0.3) is 22.3 Å². The Morgan fingerprint density at radius 2 is 1.67 bits per heavy atom. The number of fused-ring (bicyclic) bond motifs is 1. The standard InChI is InChI=1S/C19H17N5O2.C6H13N/c1-23-16-15(17(25)22-19(23)26)24(18(20)21-16)11-13-9-5-6-10-14(13)12-7-3-2-4-8-12;7-6-4-2-1-3-5-6/h2-10H,11H2,1H3,(H2,20,21)(H,22,25,26);6H,1-5,7H2. The second-order valence-electron chi connectivity index (χ2n) is 8.47. The zero-order valence-corrected chi connectivity index (χ0v) is 18.8. The Morgan fingerprint density at radius 3 is 2.33 bits per heavy atom. The fraction of sp³-hybridized carbons (Fsp3) is 0.320. The van der Waals surface area contributed by atoms with Crippen LogP contribution in [0.3, 0.4) is 0 Å². The van der Waals surface area contributed by atoms with Crippen LogP contribution in [0.4, 0.5) is 5.95 Å². The first kappa shape index (κ1) is 22.5. The first-order valence-corrected chi connectivity index (χ1v) is 11.3. The fourth-order valence-electron chi connectivity index (χ4n) is 4.27. The van der Waals surface area contributed by atoms with E-state index in [0.29, 0.717) is 12.6 Å². The van der Waals surface area contributed by atoms with Crippen LogP contribution < -0.4 is 22.7 Å².